The van der Waals surface area contributed by atoms with Crippen molar-refractivity contribution in [2.45, 2.75) is 18.9 Å². The van der Waals surface area contributed by atoms with E-state index in [4.69, 9.17) is 5.73 Å². The molecule has 2 atom stereocenters. The van der Waals surface area contributed by atoms with Crippen molar-refractivity contribution in [1.29, 1.82) is 0 Å². The number of nitrogens with two attached hydrogens (primary N) is 1. The lowest BCUT2D eigenvalue weighted by atomic mass is 10.1. The van der Waals surface area contributed by atoms with Gasteiger partial charge in [0.25, 0.3) is 0 Å². The van der Waals surface area contributed by atoms with Crippen LogP contribution in [0.4, 0.5) is 0 Å². The molecule has 2 N–H and O–H groups in total. The zero-order valence-corrected chi connectivity index (χ0v) is 7.89. The molecule has 0 amide bonds. The maximum atomic E-state index is 10.8. The van der Waals surface area contributed by atoms with Gasteiger partial charge in [0.2, 0.25) is 0 Å². The first-order chi connectivity index (χ1) is 5.15. The molecule has 0 unspecified atom stereocenters. The number of hydrogen-bond acceptors (Lipinski definition) is 3. The smallest absolute Gasteiger partial charge is 0.322 e. The summed E-state index contributed by atoms with van der Waals surface area (Å²) >= 11 is 0. The van der Waals surface area contributed by atoms with E-state index in [0.717, 1.165) is 6.42 Å². The number of esters is 1. The summed E-state index contributed by atoms with van der Waals surface area (Å²) in [5, 5.41) is 0. The summed E-state index contributed by atoms with van der Waals surface area (Å²) in [6, 6.07) is -0.468. The third kappa shape index (κ3) is 2.83. The van der Waals surface area contributed by atoms with Crippen molar-refractivity contribution >= 4 is 18.4 Å². The van der Waals surface area contributed by atoms with E-state index in [-0.39, 0.29) is 18.4 Å². The normalized spacial score (nSPS) is 22.5. The van der Waals surface area contributed by atoms with Gasteiger partial charge in [-0.3, -0.25) is 4.79 Å². The molecule has 0 heterocycles. The van der Waals surface area contributed by atoms with E-state index < -0.39 is 6.04 Å². The second-order valence-electron chi connectivity index (χ2n) is 2.92. The first kappa shape index (κ1) is 11.5. The zero-order chi connectivity index (χ0) is 8.43. The quantitative estimate of drug-likeness (QED) is 0.532. The van der Waals surface area contributed by atoms with Crippen LogP contribution in [-0.2, 0) is 9.53 Å². The van der Waals surface area contributed by atoms with Crippen molar-refractivity contribution in [3.63, 3.8) is 0 Å². The fourth-order valence-corrected chi connectivity index (χ4v) is 1.06. The second-order valence-corrected chi connectivity index (χ2v) is 2.92. The number of rotatable bonds is 3. The Morgan fingerprint density at radius 1 is 1.92 bits per heavy atom. The molecule has 0 bridgehead atoms. The first-order valence-corrected chi connectivity index (χ1v) is 3.66. The highest BCUT2D eigenvalue weighted by Gasteiger charge is 2.31. The van der Waals surface area contributed by atoms with Gasteiger partial charge in [-0.25, -0.2) is 0 Å². The van der Waals surface area contributed by atoms with Crippen LogP contribution >= 0.6 is 12.4 Å². The molecule has 70 valence electrons. The van der Waals surface area contributed by atoms with Gasteiger partial charge in [-0.05, 0) is 18.8 Å². The topological polar surface area (TPSA) is 52.3 Å². The number of allylic oxidation sites excluding steroid dienone is 1. The first-order valence-electron chi connectivity index (χ1n) is 3.66. The number of carbonyl (C=O) groups excluding carboxylic acids is 1. The van der Waals surface area contributed by atoms with E-state index >= 15 is 0 Å². The van der Waals surface area contributed by atoms with E-state index in [9.17, 15) is 4.79 Å². The molecule has 0 aliphatic heterocycles. The van der Waals surface area contributed by atoms with Gasteiger partial charge in [0.15, 0.2) is 0 Å². The molecule has 1 rings (SSSR count). The average molecular weight is 192 g/mol. The van der Waals surface area contributed by atoms with Crippen molar-refractivity contribution in [1.82, 2.24) is 0 Å². The van der Waals surface area contributed by atoms with Crippen molar-refractivity contribution in [3.8, 4) is 0 Å². The largest absolute Gasteiger partial charge is 0.468 e. The molecule has 1 fully saturated rings. The molecule has 0 aromatic rings. The van der Waals surface area contributed by atoms with Crippen LogP contribution in [-0.4, -0.2) is 19.1 Å². The molecular formula is C8H14ClNO2. The predicted molar refractivity (Wildman–Crippen MR) is 49.1 cm³/mol. The Morgan fingerprint density at radius 3 is 2.75 bits per heavy atom. The monoisotopic (exact) mass is 191 g/mol. The molecule has 0 saturated heterocycles. The maximum Gasteiger partial charge on any atom is 0.322 e. The third-order valence-corrected chi connectivity index (χ3v) is 1.97. The standard InChI is InChI=1S/C8H13NO2.ClH/c1-5-3-6(5)4-7(9)8(10)11-2;/h6-7H,1,3-4,9H2,2H3;1H/t6-,7+;/m1./s1. The average Bonchev–Trinajstić information content (AvgIpc) is 2.65. The van der Waals surface area contributed by atoms with Crippen molar-refractivity contribution in [2.75, 3.05) is 7.11 Å². The molecule has 4 heteroatoms. The molecule has 1 aliphatic rings. The number of hydrogen-bond donors (Lipinski definition) is 1. The van der Waals surface area contributed by atoms with E-state index in [2.05, 4.69) is 11.3 Å². The van der Waals surface area contributed by atoms with E-state index in [1.54, 1.807) is 0 Å². The minimum Gasteiger partial charge on any atom is -0.468 e. The third-order valence-electron chi connectivity index (χ3n) is 1.97. The van der Waals surface area contributed by atoms with Gasteiger partial charge in [0, 0.05) is 0 Å². The van der Waals surface area contributed by atoms with Crippen molar-refractivity contribution in [2.24, 2.45) is 11.7 Å². The van der Waals surface area contributed by atoms with Crippen LogP contribution in [0.3, 0.4) is 0 Å². The zero-order valence-electron chi connectivity index (χ0n) is 7.08. The summed E-state index contributed by atoms with van der Waals surface area (Å²) in [4.78, 5) is 10.8. The van der Waals surface area contributed by atoms with E-state index in [1.165, 1.54) is 12.7 Å². The Balaban J connectivity index is 0.00000121. The molecule has 12 heavy (non-hydrogen) atoms. The summed E-state index contributed by atoms with van der Waals surface area (Å²) < 4.78 is 4.48. The van der Waals surface area contributed by atoms with E-state index in [0.29, 0.717) is 12.3 Å². The fourth-order valence-electron chi connectivity index (χ4n) is 1.06. The summed E-state index contributed by atoms with van der Waals surface area (Å²) in [6.45, 7) is 3.78. The summed E-state index contributed by atoms with van der Waals surface area (Å²) in [7, 11) is 1.35. The van der Waals surface area contributed by atoms with Crippen LogP contribution in [0.25, 0.3) is 0 Å². The number of halogens is 1. The van der Waals surface area contributed by atoms with Gasteiger partial charge in [-0.1, -0.05) is 12.2 Å². The lowest BCUT2D eigenvalue weighted by Crippen LogP contribution is -2.31. The highest BCUT2D eigenvalue weighted by atomic mass is 35.5. The van der Waals surface area contributed by atoms with Crippen LogP contribution in [0, 0.1) is 5.92 Å². The van der Waals surface area contributed by atoms with Crippen LogP contribution in [0.1, 0.15) is 12.8 Å². The van der Waals surface area contributed by atoms with Crippen LogP contribution in [0.2, 0.25) is 0 Å². The van der Waals surface area contributed by atoms with E-state index in [1.807, 2.05) is 0 Å². The molecule has 3 nitrogen and oxygen atoms in total. The fraction of sp³-hybridized carbons (Fsp3) is 0.625. The lowest BCUT2D eigenvalue weighted by Gasteiger charge is -2.06. The summed E-state index contributed by atoms with van der Waals surface area (Å²) in [5.41, 5.74) is 6.71. The second kappa shape index (κ2) is 4.48. The Morgan fingerprint density at radius 2 is 2.42 bits per heavy atom. The number of ether oxygens (including phenoxy) is 1. The van der Waals surface area contributed by atoms with Gasteiger partial charge in [-0.2, -0.15) is 0 Å². The number of carbonyl (C=O) groups is 1. The Bertz CT molecular complexity index is 193. The highest BCUT2D eigenvalue weighted by molar-refractivity contribution is 5.85. The van der Waals surface area contributed by atoms with Gasteiger partial charge in [-0.15, -0.1) is 12.4 Å². The lowest BCUT2D eigenvalue weighted by molar-refractivity contribution is -0.142. The SMILES string of the molecule is C=C1C[C@@H]1C[C@H](N)C(=O)OC.Cl. The van der Waals surface area contributed by atoms with Gasteiger partial charge in [0.05, 0.1) is 7.11 Å². The minimum atomic E-state index is -0.468. The predicted octanol–water partition coefficient (Wildman–Crippen LogP) is 0.875. The Labute approximate surface area is 78.4 Å². The summed E-state index contributed by atoms with van der Waals surface area (Å²) in [5.74, 6) is 0.133. The van der Waals surface area contributed by atoms with Gasteiger partial charge < -0.3 is 10.5 Å². The van der Waals surface area contributed by atoms with Crippen LogP contribution in [0.5, 0.6) is 0 Å². The van der Waals surface area contributed by atoms with Crippen molar-refractivity contribution in [3.05, 3.63) is 12.2 Å². The maximum absolute atomic E-state index is 10.8. The molecule has 1 saturated carbocycles. The minimum absolute atomic E-state index is 0. The molecule has 0 aromatic carbocycles. The Kier molecular flexibility index (Phi) is 4.28. The summed E-state index contributed by atoms with van der Waals surface area (Å²) in [6.07, 6.45) is 1.70. The molecular weight excluding hydrogens is 178 g/mol. The van der Waals surface area contributed by atoms with Gasteiger partial charge in [0.1, 0.15) is 6.04 Å². The molecule has 0 spiro atoms. The Hall–Kier alpha value is -0.540. The highest BCUT2D eigenvalue weighted by Crippen LogP contribution is 2.39. The number of methoxy groups -OCH3 is 1. The van der Waals surface area contributed by atoms with Crippen LogP contribution in [0.15, 0.2) is 12.2 Å². The molecule has 0 radical (unpaired) electrons. The van der Waals surface area contributed by atoms with Crippen molar-refractivity contribution < 1.29 is 9.53 Å². The molecule has 1 aliphatic carbocycles. The molecule has 0 aromatic heterocycles. The van der Waals surface area contributed by atoms with Gasteiger partial charge >= 0.3 is 5.97 Å². The van der Waals surface area contributed by atoms with Crippen LogP contribution < -0.4 is 5.73 Å².